The molecule has 38 heavy (non-hydrogen) atoms. The molecule has 1 fully saturated rings. The van der Waals surface area contributed by atoms with Crippen LogP contribution < -0.4 is 4.74 Å². The number of carbonyl (C=O) groups is 2. The SMILES string of the molecule is CCOC(=O)N1CCC(COc2ccc(C3c4[nH]c5ccc(Cl)cc5c4CCN3C(=O)OCC)cc2)CC1. The first-order chi connectivity index (χ1) is 18.5. The van der Waals surface area contributed by atoms with Crippen molar-refractivity contribution in [3.8, 4) is 5.75 Å². The lowest BCUT2D eigenvalue weighted by atomic mass is 9.92. The van der Waals surface area contributed by atoms with Crippen molar-refractivity contribution < 1.29 is 23.8 Å². The van der Waals surface area contributed by atoms with Crippen LogP contribution in [0.15, 0.2) is 42.5 Å². The Morgan fingerprint density at radius 1 is 0.974 bits per heavy atom. The molecule has 2 aliphatic heterocycles. The Bertz CT molecular complexity index is 1280. The van der Waals surface area contributed by atoms with Gasteiger partial charge in [-0.1, -0.05) is 23.7 Å². The predicted octanol–water partition coefficient (Wildman–Crippen LogP) is 6.17. The van der Waals surface area contributed by atoms with E-state index in [1.54, 1.807) is 9.80 Å². The molecule has 0 radical (unpaired) electrons. The van der Waals surface area contributed by atoms with Crippen LogP contribution in [0.4, 0.5) is 9.59 Å². The molecule has 1 unspecified atom stereocenters. The third-order valence-corrected chi connectivity index (χ3v) is 7.65. The number of aromatic nitrogens is 1. The second-order valence-corrected chi connectivity index (χ2v) is 10.2. The van der Waals surface area contributed by atoms with E-state index in [2.05, 4.69) is 4.98 Å². The van der Waals surface area contributed by atoms with Gasteiger partial charge in [0.05, 0.1) is 19.8 Å². The van der Waals surface area contributed by atoms with Gasteiger partial charge in [-0.3, -0.25) is 4.90 Å². The Hall–Kier alpha value is -3.39. The summed E-state index contributed by atoms with van der Waals surface area (Å²) in [6.45, 7) is 6.89. The maximum absolute atomic E-state index is 12.9. The van der Waals surface area contributed by atoms with Gasteiger partial charge in [-0.25, -0.2) is 9.59 Å². The van der Waals surface area contributed by atoms with E-state index in [0.29, 0.717) is 50.4 Å². The molecule has 202 valence electrons. The number of benzene rings is 2. The highest BCUT2D eigenvalue weighted by atomic mass is 35.5. The van der Waals surface area contributed by atoms with Gasteiger partial charge in [-0.05, 0) is 80.5 Å². The van der Waals surface area contributed by atoms with Crippen molar-refractivity contribution in [2.75, 3.05) is 39.5 Å². The molecule has 2 aromatic carbocycles. The number of ether oxygens (including phenoxy) is 3. The molecular formula is C29H34ClN3O5. The maximum Gasteiger partial charge on any atom is 0.410 e. The molecule has 2 amide bonds. The summed E-state index contributed by atoms with van der Waals surface area (Å²) < 4.78 is 16.6. The average molecular weight is 540 g/mol. The van der Waals surface area contributed by atoms with Gasteiger partial charge in [-0.2, -0.15) is 0 Å². The third-order valence-electron chi connectivity index (χ3n) is 7.41. The molecular weight excluding hydrogens is 506 g/mol. The molecule has 0 aliphatic carbocycles. The Morgan fingerprint density at radius 2 is 1.68 bits per heavy atom. The van der Waals surface area contributed by atoms with E-state index in [9.17, 15) is 9.59 Å². The van der Waals surface area contributed by atoms with Crippen LogP contribution in [0.25, 0.3) is 10.9 Å². The zero-order valence-corrected chi connectivity index (χ0v) is 22.6. The number of rotatable bonds is 6. The highest BCUT2D eigenvalue weighted by Gasteiger charge is 2.35. The van der Waals surface area contributed by atoms with Gasteiger partial charge in [0.15, 0.2) is 0 Å². The number of aromatic amines is 1. The van der Waals surface area contributed by atoms with Crippen molar-refractivity contribution in [2.45, 2.75) is 39.2 Å². The highest BCUT2D eigenvalue weighted by Crippen LogP contribution is 2.39. The number of likely N-dealkylation sites (tertiary alicyclic amines) is 1. The fourth-order valence-electron chi connectivity index (χ4n) is 5.47. The minimum Gasteiger partial charge on any atom is -0.493 e. The largest absolute Gasteiger partial charge is 0.493 e. The fraction of sp³-hybridized carbons (Fsp3) is 0.448. The van der Waals surface area contributed by atoms with E-state index in [4.69, 9.17) is 25.8 Å². The number of carbonyl (C=O) groups excluding carboxylic acids is 2. The smallest absolute Gasteiger partial charge is 0.410 e. The van der Waals surface area contributed by atoms with E-state index in [-0.39, 0.29) is 18.2 Å². The first-order valence-electron chi connectivity index (χ1n) is 13.4. The molecule has 0 saturated carbocycles. The Kier molecular flexibility index (Phi) is 7.98. The van der Waals surface area contributed by atoms with Crippen molar-refractivity contribution in [1.29, 1.82) is 0 Å². The summed E-state index contributed by atoms with van der Waals surface area (Å²) in [5.41, 5.74) is 4.15. The summed E-state index contributed by atoms with van der Waals surface area (Å²) in [4.78, 5) is 31.9. The van der Waals surface area contributed by atoms with Gasteiger partial charge < -0.3 is 24.1 Å². The number of nitrogens with one attached hydrogen (secondary N) is 1. The Labute approximate surface area is 227 Å². The molecule has 0 bridgehead atoms. The van der Waals surface area contributed by atoms with E-state index in [0.717, 1.165) is 47.2 Å². The topological polar surface area (TPSA) is 84.1 Å². The second-order valence-electron chi connectivity index (χ2n) is 9.76. The van der Waals surface area contributed by atoms with E-state index >= 15 is 0 Å². The summed E-state index contributed by atoms with van der Waals surface area (Å²) >= 11 is 6.29. The normalized spacial score (nSPS) is 17.8. The molecule has 9 heteroatoms. The summed E-state index contributed by atoms with van der Waals surface area (Å²) in [6, 6.07) is 13.5. The van der Waals surface area contributed by atoms with Gasteiger partial charge in [0.2, 0.25) is 0 Å². The third kappa shape index (κ3) is 5.41. The summed E-state index contributed by atoms with van der Waals surface area (Å²) in [5.74, 6) is 1.17. The molecule has 1 aromatic heterocycles. The molecule has 3 heterocycles. The molecule has 3 aromatic rings. The van der Waals surface area contributed by atoms with Crippen LogP contribution in [0.3, 0.4) is 0 Å². The van der Waals surface area contributed by atoms with Gasteiger partial charge in [0, 0.05) is 41.3 Å². The fourth-order valence-corrected chi connectivity index (χ4v) is 5.64. The number of amides is 2. The van der Waals surface area contributed by atoms with Gasteiger partial charge >= 0.3 is 12.2 Å². The minimum atomic E-state index is -0.325. The van der Waals surface area contributed by atoms with Crippen LogP contribution in [-0.2, 0) is 15.9 Å². The monoisotopic (exact) mass is 539 g/mol. The zero-order valence-electron chi connectivity index (χ0n) is 21.9. The lowest BCUT2D eigenvalue weighted by Crippen LogP contribution is -2.41. The number of piperidine rings is 1. The number of halogens is 1. The average Bonchev–Trinajstić information content (AvgIpc) is 3.30. The number of hydrogen-bond acceptors (Lipinski definition) is 5. The molecule has 0 spiro atoms. The highest BCUT2D eigenvalue weighted by molar-refractivity contribution is 6.31. The number of fused-ring (bicyclic) bond motifs is 3. The second kappa shape index (κ2) is 11.6. The minimum absolute atomic E-state index is 0.233. The lowest BCUT2D eigenvalue weighted by Gasteiger charge is -2.35. The molecule has 2 aliphatic rings. The van der Waals surface area contributed by atoms with Crippen LogP contribution in [0, 0.1) is 5.92 Å². The van der Waals surface area contributed by atoms with Crippen molar-refractivity contribution >= 4 is 34.7 Å². The van der Waals surface area contributed by atoms with Crippen LogP contribution >= 0.6 is 11.6 Å². The van der Waals surface area contributed by atoms with Gasteiger partial charge in [0.1, 0.15) is 11.8 Å². The Morgan fingerprint density at radius 3 is 2.39 bits per heavy atom. The van der Waals surface area contributed by atoms with Crippen molar-refractivity contribution in [3.05, 3.63) is 64.3 Å². The van der Waals surface area contributed by atoms with E-state index in [1.165, 1.54) is 5.56 Å². The predicted molar refractivity (Wildman–Crippen MR) is 146 cm³/mol. The first kappa shape index (κ1) is 26.2. The molecule has 1 atom stereocenters. The summed E-state index contributed by atoms with van der Waals surface area (Å²) in [7, 11) is 0. The number of nitrogens with zero attached hydrogens (tertiary/aromatic N) is 2. The first-order valence-corrected chi connectivity index (χ1v) is 13.7. The number of H-pyrrole nitrogens is 1. The Balaban J connectivity index is 1.31. The van der Waals surface area contributed by atoms with E-state index < -0.39 is 0 Å². The van der Waals surface area contributed by atoms with Crippen LogP contribution in [0.1, 0.15) is 49.6 Å². The molecule has 8 nitrogen and oxygen atoms in total. The quantitative estimate of drug-likeness (QED) is 0.405. The lowest BCUT2D eigenvalue weighted by molar-refractivity contribution is 0.0843. The summed E-state index contributed by atoms with van der Waals surface area (Å²) in [6.07, 6.45) is 1.94. The van der Waals surface area contributed by atoms with Crippen LogP contribution in [-0.4, -0.2) is 66.4 Å². The standard InChI is InChI=1S/C29H34ClN3O5/c1-3-36-28(34)32-14-11-19(12-15-32)18-38-22-8-5-20(6-9-22)27-26-23(13-16-33(27)29(35)37-4-2)24-17-21(30)7-10-25(24)31-26/h5-10,17,19,27,31H,3-4,11-16,18H2,1-2H3. The van der Waals surface area contributed by atoms with Crippen LogP contribution in [0.5, 0.6) is 5.75 Å². The zero-order chi connectivity index (χ0) is 26.6. The van der Waals surface area contributed by atoms with Gasteiger partial charge in [-0.15, -0.1) is 0 Å². The molecule has 5 rings (SSSR count). The molecule has 1 saturated heterocycles. The van der Waals surface area contributed by atoms with Crippen molar-refractivity contribution in [1.82, 2.24) is 14.8 Å². The molecule has 1 N–H and O–H groups in total. The number of hydrogen-bond donors (Lipinski definition) is 1. The maximum atomic E-state index is 12.9. The van der Waals surface area contributed by atoms with Crippen molar-refractivity contribution in [2.24, 2.45) is 5.92 Å². The summed E-state index contributed by atoms with van der Waals surface area (Å²) in [5, 5.41) is 1.78. The van der Waals surface area contributed by atoms with Crippen LogP contribution in [0.2, 0.25) is 5.02 Å². The van der Waals surface area contributed by atoms with E-state index in [1.807, 2.05) is 56.3 Å². The van der Waals surface area contributed by atoms with Crippen molar-refractivity contribution in [3.63, 3.8) is 0 Å². The van der Waals surface area contributed by atoms with Gasteiger partial charge in [0.25, 0.3) is 0 Å².